The first-order chi connectivity index (χ1) is 4.66. The van der Waals surface area contributed by atoms with E-state index in [1.807, 2.05) is 0 Å². The molecule has 0 rings (SSSR count). The lowest BCUT2D eigenvalue weighted by Crippen LogP contribution is -1.96. The minimum Gasteiger partial charge on any atom is -0.0654 e. The molecule has 0 saturated heterocycles. The van der Waals surface area contributed by atoms with Gasteiger partial charge in [-0.05, 0) is 11.8 Å². The van der Waals surface area contributed by atoms with E-state index < -0.39 is 0 Å². The lowest BCUT2D eigenvalue weighted by Gasteiger charge is -2.10. The molecule has 0 aromatic carbocycles. The van der Waals surface area contributed by atoms with Crippen molar-refractivity contribution >= 4 is 0 Å². The maximum absolute atomic E-state index is 2.37. The summed E-state index contributed by atoms with van der Waals surface area (Å²) in [6.07, 6.45) is 5.58. The van der Waals surface area contributed by atoms with E-state index in [0.717, 1.165) is 11.8 Å². The SMILES string of the molecule is CCCC(C)CCC(C)C. The maximum Gasteiger partial charge on any atom is -0.0443 e. The third-order valence-electron chi connectivity index (χ3n) is 2.02. The van der Waals surface area contributed by atoms with Crippen molar-refractivity contribution in [1.82, 2.24) is 0 Å². The number of hydrogen-bond acceptors (Lipinski definition) is 0. The van der Waals surface area contributed by atoms with Crippen LogP contribution in [0.5, 0.6) is 0 Å². The highest BCUT2D eigenvalue weighted by molar-refractivity contribution is 4.54. The van der Waals surface area contributed by atoms with Crippen LogP contribution < -0.4 is 0 Å². The Balaban J connectivity index is 3.12. The molecule has 0 N–H and O–H groups in total. The van der Waals surface area contributed by atoms with Crippen LogP contribution in [-0.2, 0) is 0 Å². The molecular weight excluding hydrogens is 120 g/mol. The highest BCUT2D eigenvalue weighted by Gasteiger charge is 2.01. The topological polar surface area (TPSA) is 0 Å². The first kappa shape index (κ1) is 10.0. The second kappa shape index (κ2) is 5.76. The Morgan fingerprint density at radius 2 is 1.50 bits per heavy atom. The predicted octanol–water partition coefficient (Wildman–Crippen LogP) is 3.86. The van der Waals surface area contributed by atoms with Gasteiger partial charge in [0.05, 0.1) is 0 Å². The molecule has 0 aromatic rings. The zero-order valence-corrected chi connectivity index (χ0v) is 7.98. The Morgan fingerprint density at radius 3 is 1.90 bits per heavy atom. The van der Waals surface area contributed by atoms with Crippen LogP contribution in [0.3, 0.4) is 0 Å². The molecule has 62 valence electrons. The fourth-order valence-corrected chi connectivity index (χ4v) is 1.25. The van der Waals surface area contributed by atoms with Crippen LogP contribution >= 0.6 is 0 Å². The zero-order chi connectivity index (χ0) is 7.98. The smallest absolute Gasteiger partial charge is 0.0443 e. The summed E-state index contributed by atoms with van der Waals surface area (Å²) >= 11 is 0. The summed E-state index contributed by atoms with van der Waals surface area (Å²) in [6, 6.07) is 0. The molecule has 0 radical (unpaired) electrons. The second-order valence-corrected chi connectivity index (χ2v) is 3.87. The van der Waals surface area contributed by atoms with Gasteiger partial charge in [-0.1, -0.05) is 53.4 Å². The van der Waals surface area contributed by atoms with E-state index in [2.05, 4.69) is 27.7 Å². The van der Waals surface area contributed by atoms with Gasteiger partial charge in [0, 0.05) is 0 Å². The first-order valence-corrected chi connectivity index (χ1v) is 4.66. The highest BCUT2D eigenvalue weighted by atomic mass is 14.1. The fourth-order valence-electron chi connectivity index (χ4n) is 1.25. The van der Waals surface area contributed by atoms with Crippen LogP contribution in [0.15, 0.2) is 0 Å². The number of hydrogen-bond donors (Lipinski definition) is 0. The van der Waals surface area contributed by atoms with Gasteiger partial charge in [0.2, 0.25) is 0 Å². The molecule has 0 spiro atoms. The van der Waals surface area contributed by atoms with Gasteiger partial charge in [0.25, 0.3) is 0 Å². The van der Waals surface area contributed by atoms with Gasteiger partial charge in [-0.15, -0.1) is 0 Å². The Kier molecular flexibility index (Phi) is 5.76. The molecule has 0 aliphatic rings. The Labute approximate surface area is 66.0 Å². The van der Waals surface area contributed by atoms with Crippen LogP contribution in [-0.4, -0.2) is 0 Å². The van der Waals surface area contributed by atoms with Crippen molar-refractivity contribution in [3.05, 3.63) is 0 Å². The van der Waals surface area contributed by atoms with Crippen LogP contribution in [0.25, 0.3) is 0 Å². The fraction of sp³-hybridized carbons (Fsp3) is 1.00. The molecule has 0 amide bonds. The van der Waals surface area contributed by atoms with E-state index in [1.165, 1.54) is 25.7 Å². The second-order valence-electron chi connectivity index (χ2n) is 3.87. The van der Waals surface area contributed by atoms with E-state index in [9.17, 15) is 0 Å². The van der Waals surface area contributed by atoms with E-state index in [4.69, 9.17) is 0 Å². The number of rotatable bonds is 5. The van der Waals surface area contributed by atoms with Gasteiger partial charge in [-0.3, -0.25) is 0 Å². The van der Waals surface area contributed by atoms with Crippen LogP contribution in [0.1, 0.15) is 53.4 Å². The highest BCUT2D eigenvalue weighted by Crippen LogP contribution is 2.15. The van der Waals surface area contributed by atoms with E-state index in [-0.39, 0.29) is 0 Å². The molecule has 0 aliphatic carbocycles. The molecule has 0 heteroatoms. The molecule has 0 heterocycles. The largest absolute Gasteiger partial charge is 0.0654 e. The van der Waals surface area contributed by atoms with Gasteiger partial charge in [0.1, 0.15) is 0 Å². The average molecular weight is 142 g/mol. The average Bonchev–Trinajstić information content (AvgIpc) is 1.85. The lowest BCUT2D eigenvalue weighted by molar-refractivity contribution is 0.425. The molecule has 0 bridgehead atoms. The van der Waals surface area contributed by atoms with Crippen LogP contribution in [0, 0.1) is 11.8 Å². The maximum atomic E-state index is 2.37. The summed E-state index contributed by atoms with van der Waals surface area (Å²) in [5, 5.41) is 0. The van der Waals surface area contributed by atoms with Crippen molar-refractivity contribution in [3.8, 4) is 0 Å². The van der Waals surface area contributed by atoms with Crippen molar-refractivity contribution in [2.75, 3.05) is 0 Å². The monoisotopic (exact) mass is 142 g/mol. The molecule has 0 aliphatic heterocycles. The van der Waals surface area contributed by atoms with Crippen LogP contribution in [0.4, 0.5) is 0 Å². The summed E-state index contributed by atoms with van der Waals surface area (Å²) in [4.78, 5) is 0. The summed E-state index contributed by atoms with van der Waals surface area (Å²) in [5.74, 6) is 1.84. The van der Waals surface area contributed by atoms with Crippen molar-refractivity contribution in [2.24, 2.45) is 11.8 Å². The molecule has 10 heavy (non-hydrogen) atoms. The van der Waals surface area contributed by atoms with Crippen molar-refractivity contribution in [2.45, 2.75) is 53.4 Å². The summed E-state index contributed by atoms with van der Waals surface area (Å²) in [5.41, 5.74) is 0. The van der Waals surface area contributed by atoms with Gasteiger partial charge in [-0.2, -0.15) is 0 Å². The third kappa shape index (κ3) is 6.12. The normalized spacial score (nSPS) is 14.1. The van der Waals surface area contributed by atoms with E-state index >= 15 is 0 Å². The molecule has 1 atom stereocenters. The Morgan fingerprint density at radius 1 is 0.900 bits per heavy atom. The molecule has 1 unspecified atom stereocenters. The predicted molar refractivity (Wildman–Crippen MR) is 48.1 cm³/mol. The molecule has 0 aromatic heterocycles. The summed E-state index contributed by atoms with van der Waals surface area (Å²) < 4.78 is 0. The first-order valence-electron chi connectivity index (χ1n) is 4.66. The minimum absolute atomic E-state index is 0.888. The van der Waals surface area contributed by atoms with E-state index in [0.29, 0.717) is 0 Å². The quantitative estimate of drug-likeness (QED) is 0.547. The molecule has 0 nitrogen and oxygen atoms in total. The standard InChI is InChI=1S/C10H22/c1-5-6-10(4)8-7-9(2)3/h9-10H,5-8H2,1-4H3. The Hall–Kier alpha value is 0. The lowest BCUT2D eigenvalue weighted by atomic mass is 9.96. The molecule has 0 fully saturated rings. The van der Waals surface area contributed by atoms with Gasteiger partial charge in [0.15, 0.2) is 0 Å². The van der Waals surface area contributed by atoms with Gasteiger partial charge in [-0.25, -0.2) is 0 Å². The Bertz CT molecular complexity index is 64.4. The van der Waals surface area contributed by atoms with Gasteiger partial charge < -0.3 is 0 Å². The summed E-state index contributed by atoms with van der Waals surface area (Å²) in [7, 11) is 0. The zero-order valence-electron chi connectivity index (χ0n) is 7.98. The van der Waals surface area contributed by atoms with Crippen LogP contribution in [0.2, 0.25) is 0 Å². The van der Waals surface area contributed by atoms with Crippen molar-refractivity contribution in [3.63, 3.8) is 0 Å². The third-order valence-corrected chi connectivity index (χ3v) is 2.02. The summed E-state index contributed by atoms with van der Waals surface area (Å²) in [6.45, 7) is 9.25. The van der Waals surface area contributed by atoms with Gasteiger partial charge >= 0.3 is 0 Å². The molecule has 0 saturated carbocycles. The minimum atomic E-state index is 0.888. The molecular formula is C10H22. The van der Waals surface area contributed by atoms with E-state index in [1.54, 1.807) is 0 Å². The van der Waals surface area contributed by atoms with Crippen molar-refractivity contribution in [1.29, 1.82) is 0 Å². The van der Waals surface area contributed by atoms with Crippen molar-refractivity contribution < 1.29 is 0 Å².